The van der Waals surface area contributed by atoms with Gasteiger partial charge in [0.15, 0.2) is 0 Å². The molecule has 216 valence electrons. The van der Waals surface area contributed by atoms with Gasteiger partial charge in [0.1, 0.15) is 36.4 Å². The van der Waals surface area contributed by atoms with Crippen LogP contribution in [-0.4, -0.2) is 49.7 Å². The SMILES string of the molecule is COc1ccc(OC2C=CC(c3ccccc3)OC2CON=C(C)CCN2CCCCc3nc(C)c(C)cc32)cc1. The molecule has 3 unspecified atom stereocenters. The van der Waals surface area contributed by atoms with E-state index in [9.17, 15) is 0 Å². The minimum Gasteiger partial charge on any atom is -0.497 e. The Bertz CT molecular complexity index is 1340. The Hall–Kier alpha value is -3.84. The van der Waals surface area contributed by atoms with E-state index in [0.29, 0.717) is 0 Å². The summed E-state index contributed by atoms with van der Waals surface area (Å²) in [6.07, 6.45) is 7.50. The monoisotopic (exact) mass is 555 g/mol. The lowest BCUT2D eigenvalue weighted by Gasteiger charge is -2.32. The summed E-state index contributed by atoms with van der Waals surface area (Å²) < 4.78 is 18.0. The molecule has 2 aliphatic rings. The molecule has 41 heavy (non-hydrogen) atoms. The van der Waals surface area contributed by atoms with Crippen LogP contribution in [-0.2, 0) is 16.0 Å². The highest BCUT2D eigenvalue weighted by molar-refractivity contribution is 5.81. The molecule has 2 aromatic carbocycles. The van der Waals surface area contributed by atoms with Crippen LogP contribution in [0.15, 0.2) is 78.0 Å². The Morgan fingerprint density at radius 2 is 1.80 bits per heavy atom. The van der Waals surface area contributed by atoms with Gasteiger partial charge in [0.2, 0.25) is 0 Å². The van der Waals surface area contributed by atoms with Gasteiger partial charge in [0.25, 0.3) is 0 Å². The zero-order chi connectivity index (χ0) is 28.6. The van der Waals surface area contributed by atoms with E-state index < -0.39 is 0 Å². The Morgan fingerprint density at radius 1 is 1.02 bits per heavy atom. The average molecular weight is 556 g/mol. The van der Waals surface area contributed by atoms with Crippen LogP contribution in [0.4, 0.5) is 5.69 Å². The van der Waals surface area contributed by atoms with Crippen LogP contribution in [0.5, 0.6) is 11.5 Å². The lowest BCUT2D eigenvalue weighted by molar-refractivity contribution is -0.0878. The van der Waals surface area contributed by atoms with E-state index in [4.69, 9.17) is 24.0 Å². The van der Waals surface area contributed by atoms with Gasteiger partial charge in [-0.25, -0.2) is 0 Å². The van der Waals surface area contributed by atoms with Crippen LogP contribution >= 0.6 is 0 Å². The summed E-state index contributed by atoms with van der Waals surface area (Å²) in [5.74, 6) is 1.52. The van der Waals surface area contributed by atoms with Crippen molar-refractivity contribution >= 4 is 11.4 Å². The first kappa shape index (κ1) is 28.7. The van der Waals surface area contributed by atoms with Crippen LogP contribution in [0.2, 0.25) is 0 Å². The molecule has 0 fully saturated rings. The third-order valence-corrected chi connectivity index (χ3v) is 7.78. The Labute approximate surface area is 243 Å². The molecule has 0 amide bonds. The molecule has 0 saturated heterocycles. The maximum atomic E-state index is 6.47. The second kappa shape index (κ2) is 13.7. The van der Waals surface area contributed by atoms with E-state index in [-0.39, 0.29) is 24.9 Å². The molecule has 3 aromatic rings. The molecule has 7 nitrogen and oxygen atoms in total. The number of ether oxygens (including phenoxy) is 3. The third kappa shape index (κ3) is 7.47. The minimum absolute atomic E-state index is 0.172. The Kier molecular flexibility index (Phi) is 9.57. The fourth-order valence-corrected chi connectivity index (χ4v) is 5.25. The Balaban J connectivity index is 1.22. The molecular weight excluding hydrogens is 514 g/mol. The number of hydrogen-bond donors (Lipinski definition) is 0. The highest BCUT2D eigenvalue weighted by Crippen LogP contribution is 2.30. The number of hydrogen-bond acceptors (Lipinski definition) is 7. The van der Waals surface area contributed by atoms with Crippen molar-refractivity contribution in [1.29, 1.82) is 0 Å². The molecule has 0 aliphatic carbocycles. The summed E-state index contributed by atoms with van der Waals surface area (Å²) in [6.45, 7) is 8.47. The highest BCUT2D eigenvalue weighted by atomic mass is 16.6. The number of nitrogens with zero attached hydrogens (tertiary/aromatic N) is 3. The molecule has 0 saturated carbocycles. The number of methoxy groups -OCH3 is 1. The predicted octanol–water partition coefficient (Wildman–Crippen LogP) is 6.78. The summed E-state index contributed by atoms with van der Waals surface area (Å²) in [5, 5.41) is 4.47. The van der Waals surface area contributed by atoms with Crippen LogP contribution in [0.25, 0.3) is 0 Å². The first-order valence-electron chi connectivity index (χ1n) is 14.6. The van der Waals surface area contributed by atoms with Gasteiger partial charge in [-0.1, -0.05) is 41.6 Å². The molecule has 0 bridgehead atoms. The Morgan fingerprint density at radius 3 is 2.59 bits per heavy atom. The van der Waals surface area contributed by atoms with Gasteiger partial charge >= 0.3 is 0 Å². The van der Waals surface area contributed by atoms with E-state index >= 15 is 0 Å². The van der Waals surface area contributed by atoms with Crippen molar-refractivity contribution in [3.05, 3.63) is 95.3 Å². The normalized spacial score (nSPS) is 20.7. The quantitative estimate of drug-likeness (QED) is 0.156. The zero-order valence-corrected chi connectivity index (χ0v) is 24.6. The van der Waals surface area contributed by atoms with E-state index in [1.807, 2.05) is 55.5 Å². The summed E-state index contributed by atoms with van der Waals surface area (Å²) in [5.41, 5.74) is 6.90. The number of benzene rings is 2. The number of rotatable bonds is 10. The molecule has 0 radical (unpaired) electrons. The van der Waals surface area contributed by atoms with Crippen molar-refractivity contribution in [2.45, 2.75) is 64.8 Å². The lowest BCUT2D eigenvalue weighted by atomic mass is 10.0. The fourth-order valence-electron chi connectivity index (χ4n) is 5.25. The van der Waals surface area contributed by atoms with E-state index in [0.717, 1.165) is 54.4 Å². The van der Waals surface area contributed by atoms with Gasteiger partial charge in [0.05, 0.1) is 24.2 Å². The maximum Gasteiger partial charge on any atom is 0.147 e. The van der Waals surface area contributed by atoms with Gasteiger partial charge in [-0.2, -0.15) is 0 Å². The van der Waals surface area contributed by atoms with Crippen LogP contribution < -0.4 is 14.4 Å². The fraction of sp³-hybridized carbons (Fsp3) is 0.412. The van der Waals surface area contributed by atoms with E-state index in [1.165, 1.54) is 29.8 Å². The first-order valence-corrected chi connectivity index (χ1v) is 14.6. The number of pyridine rings is 1. The highest BCUT2D eigenvalue weighted by Gasteiger charge is 2.30. The smallest absolute Gasteiger partial charge is 0.147 e. The van der Waals surface area contributed by atoms with Gasteiger partial charge in [0, 0.05) is 25.2 Å². The summed E-state index contributed by atoms with van der Waals surface area (Å²) >= 11 is 0. The second-order valence-electron chi connectivity index (χ2n) is 10.8. The van der Waals surface area contributed by atoms with Crippen molar-refractivity contribution in [3.8, 4) is 11.5 Å². The summed E-state index contributed by atoms with van der Waals surface area (Å²) in [4.78, 5) is 13.2. The molecule has 1 aromatic heterocycles. The number of oxime groups is 1. The molecule has 5 rings (SSSR count). The van der Waals surface area contributed by atoms with Gasteiger partial charge in [-0.3, -0.25) is 4.98 Å². The number of fused-ring (bicyclic) bond motifs is 1. The predicted molar refractivity (Wildman–Crippen MR) is 163 cm³/mol. The van der Waals surface area contributed by atoms with E-state index in [2.05, 4.69) is 48.2 Å². The minimum atomic E-state index is -0.335. The standard InChI is InChI=1S/C34H41N3O4/c1-24-22-31-30(35-26(24)3)12-8-9-20-37(31)21-19-25(2)36-39-23-34-33(40-29-15-13-28(38-4)14-16-29)18-17-32(41-34)27-10-6-5-7-11-27/h5-7,10-11,13-18,22,32-34H,8-9,12,19-21,23H2,1-4H3. The topological polar surface area (TPSA) is 65.4 Å². The lowest BCUT2D eigenvalue weighted by Crippen LogP contribution is -2.39. The van der Waals surface area contributed by atoms with E-state index in [1.54, 1.807) is 7.11 Å². The van der Waals surface area contributed by atoms with Gasteiger partial charge in [-0.15, -0.1) is 0 Å². The van der Waals surface area contributed by atoms with Crippen LogP contribution in [0.1, 0.15) is 54.8 Å². The van der Waals surface area contributed by atoms with Crippen molar-refractivity contribution in [1.82, 2.24) is 4.98 Å². The molecule has 7 heteroatoms. The molecule has 3 heterocycles. The second-order valence-corrected chi connectivity index (χ2v) is 10.8. The zero-order valence-electron chi connectivity index (χ0n) is 24.6. The van der Waals surface area contributed by atoms with Gasteiger partial charge in [-0.05, 0) is 87.6 Å². The summed E-state index contributed by atoms with van der Waals surface area (Å²) in [7, 11) is 1.65. The van der Waals surface area contributed by atoms with Crippen molar-refractivity contribution in [3.63, 3.8) is 0 Å². The number of aromatic nitrogens is 1. The molecule has 0 N–H and O–H groups in total. The first-order chi connectivity index (χ1) is 20.0. The van der Waals surface area contributed by atoms with Crippen LogP contribution in [0.3, 0.4) is 0 Å². The number of aryl methyl sites for hydroxylation is 3. The molecular formula is C34H41N3O4. The van der Waals surface area contributed by atoms with Crippen molar-refractivity contribution in [2.24, 2.45) is 5.16 Å². The van der Waals surface area contributed by atoms with Crippen molar-refractivity contribution < 1.29 is 19.0 Å². The summed E-state index contributed by atoms with van der Waals surface area (Å²) in [6, 6.07) is 20.0. The molecule has 2 aliphatic heterocycles. The largest absolute Gasteiger partial charge is 0.497 e. The number of anilines is 1. The van der Waals surface area contributed by atoms with Gasteiger partial charge < -0.3 is 23.9 Å². The maximum absolute atomic E-state index is 6.47. The van der Waals surface area contributed by atoms with Crippen LogP contribution in [0, 0.1) is 13.8 Å². The van der Waals surface area contributed by atoms with Crippen molar-refractivity contribution in [2.75, 3.05) is 31.7 Å². The third-order valence-electron chi connectivity index (χ3n) is 7.78. The molecule has 3 atom stereocenters. The average Bonchev–Trinajstić information content (AvgIpc) is 3.19. The molecule has 0 spiro atoms.